The molecule has 0 aromatic carbocycles. The number of ether oxygens (including phenoxy) is 1. The minimum Gasteiger partial charge on any atom is -0.378 e. The van der Waals surface area contributed by atoms with E-state index in [1.165, 1.54) is 38.5 Å². The Labute approximate surface area is 141 Å². The third-order valence-electron chi connectivity index (χ3n) is 7.07. The van der Waals surface area contributed by atoms with Crippen molar-refractivity contribution >= 4 is 5.91 Å². The second-order valence-corrected chi connectivity index (χ2v) is 8.73. The van der Waals surface area contributed by atoms with E-state index in [1.54, 1.807) is 0 Å². The van der Waals surface area contributed by atoms with Gasteiger partial charge in [0.2, 0.25) is 5.91 Å². The minimum atomic E-state index is -0.750. The number of rotatable bonds is 3. The lowest BCUT2D eigenvalue weighted by molar-refractivity contribution is -0.182. The van der Waals surface area contributed by atoms with E-state index in [9.17, 15) is 4.79 Å². The lowest BCUT2D eigenvalue weighted by atomic mass is 9.54. The molecule has 3 fully saturated rings. The topological polar surface area (TPSA) is 55.6 Å². The number of hydrogen-bond acceptors (Lipinski definition) is 3. The second-order valence-electron chi connectivity index (χ2n) is 8.73. The van der Waals surface area contributed by atoms with Gasteiger partial charge in [0.15, 0.2) is 0 Å². The smallest absolute Gasteiger partial charge is 0.243 e. The van der Waals surface area contributed by atoms with Crippen molar-refractivity contribution < 1.29 is 9.53 Å². The van der Waals surface area contributed by atoms with Crippen LogP contribution in [0.1, 0.15) is 72.1 Å². The van der Waals surface area contributed by atoms with Crippen molar-refractivity contribution in [1.29, 1.82) is 0 Å². The third kappa shape index (κ3) is 2.72. The Hall–Kier alpha value is -0.610. The first-order valence-corrected chi connectivity index (χ1v) is 9.55. The van der Waals surface area contributed by atoms with E-state index in [2.05, 4.69) is 18.7 Å². The number of hydrogen-bond donors (Lipinski definition) is 1. The number of carbonyl (C=O) groups is 1. The van der Waals surface area contributed by atoms with Crippen molar-refractivity contribution in [3.63, 3.8) is 0 Å². The standard InChI is InChI=1S/C19H34N2O2/c1-4-23-15-13-19(20,17(15,2)3)16(22)21-12-8-11-18(14-21)9-6-5-7-10-18/h15H,4-14,20H2,1-3H3. The molecule has 1 saturated heterocycles. The van der Waals surface area contributed by atoms with E-state index in [4.69, 9.17) is 10.5 Å². The van der Waals surface area contributed by atoms with Gasteiger partial charge in [0.1, 0.15) is 5.54 Å². The zero-order valence-corrected chi connectivity index (χ0v) is 15.2. The number of likely N-dealkylation sites (tertiary alicyclic amines) is 1. The molecular formula is C19H34N2O2. The van der Waals surface area contributed by atoms with E-state index in [0.717, 1.165) is 19.5 Å². The summed E-state index contributed by atoms with van der Waals surface area (Å²) in [6.45, 7) is 8.69. The molecule has 1 amide bonds. The summed E-state index contributed by atoms with van der Waals surface area (Å²) in [5.41, 5.74) is 5.98. The highest BCUT2D eigenvalue weighted by atomic mass is 16.5. The summed E-state index contributed by atoms with van der Waals surface area (Å²) < 4.78 is 5.79. The van der Waals surface area contributed by atoms with Gasteiger partial charge in [0.05, 0.1) is 6.10 Å². The third-order valence-corrected chi connectivity index (χ3v) is 7.07. The van der Waals surface area contributed by atoms with Crippen molar-refractivity contribution in [2.24, 2.45) is 16.6 Å². The van der Waals surface area contributed by atoms with Crippen LogP contribution in [0.2, 0.25) is 0 Å². The first-order valence-electron chi connectivity index (χ1n) is 9.55. The summed E-state index contributed by atoms with van der Waals surface area (Å²) in [6, 6.07) is 0. The van der Waals surface area contributed by atoms with Crippen LogP contribution in [0.15, 0.2) is 0 Å². The highest BCUT2D eigenvalue weighted by Crippen LogP contribution is 2.51. The molecule has 2 saturated carbocycles. The van der Waals surface area contributed by atoms with Gasteiger partial charge in [-0.3, -0.25) is 4.79 Å². The minimum absolute atomic E-state index is 0.106. The van der Waals surface area contributed by atoms with Crippen molar-refractivity contribution in [2.45, 2.75) is 83.8 Å². The predicted octanol–water partition coefficient (Wildman–Crippen LogP) is 3.09. The number of amides is 1. The molecule has 4 nitrogen and oxygen atoms in total. The maximum Gasteiger partial charge on any atom is 0.243 e. The monoisotopic (exact) mass is 322 g/mol. The predicted molar refractivity (Wildman–Crippen MR) is 92.1 cm³/mol. The Balaban J connectivity index is 1.70. The normalized spacial score (nSPS) is 35.8. The Morgan fingerprint density at radius 2 is 1.83 bits per heavy atom. The van der Waals surface area contributed by atoms with Gasteiger partial charge in [-0.25, -0.2) is 0 Å². The Morgan fingerprint density at radius 3 is 2.43 bits per heavy atom. The molecular weight excluding hydrogens is 288 g/mol. The maximum absolute atomic E-state index is 13.2. The van der Waals surface area contributed by atoms with Gasteiger partial charge in [0.25, 0.3) is 0 Å². The molecule has 0 bridgehead atoms. The van der Waals surface area contributed by atoms with Crippen LogP contribution in [0.25, 0.3) is 0 Å². The SMILES string of the molecule is CCOC1CC(N)(C(=O)N2CCCC3(CCCCC3)C2)C1(C)C. The fourth-order valence-electron chi connectivity index (χ4n) is 5.17. The Bertz CT molecular complexity index is 451. The summed E-state index contributed by atoms with van der Waals surface area (Å²) in [5.74, 6) is 0.170. The summed E-state index contributed by atoms with van der Waals surface area (Å²) in [4.78, 5) is 15.3. The fraction of sp³-hybridized carbons (Fsp3) is 0.947. The summed E-state index contributed by atoms with van der Waals surface area (Å²) >= 11 is 0. The number of nitrogens with zero attached hydrogens (tertiary/aromatic N) is 1. The lowest BCUT2D eigenvalue weighted by Crippen LogP contribution is -2.76. The molecule has 4 heteroatoms. The fourth-order valence-corrected chi connectivity index (χ4v) is 5.17. The number of nitrogens with two attached hydrogens (primary N) is 1. The molecule has 23 heavy (non-hydrogen) atoms. The largest absolute Gasteiger partial charge is 0.378 e. The molecule has 3 rings (SSSR count). The summed E-state index contributed by atoms with van der Waals surface area (Å²) in [5, 5.41) is 0. The average Bonchev–Trinajstić information content (AvgIpc) is 2.54. The van der Waals surface area contributed by atoms with Gasteiger partial charge < -0.3 is 15.4 Å². The quantitative estimate of drug-likeness (QED) is 0.868. The van der Waals surface area contributed by atoms with Crippen molar-refractivity contribution in [3.8, 4) is 0 Å². The van der Waals surface area contributed by atoms with Crippen LogP contribution < -0.4 is 5.73 Å². The van der Waals surface area contributed by atoms with Crippen LogP contribution in [0, 0.1) is 10.8 Å². The molecule has 132 valence electrons. The van der Waals surface area contributed by atoms with Crippen LogP contribution in [0.5, 0.6) is 0 Å². The lowest BCUT2D eigenvalue weighted by Gasteiger charge is -2.59. The van der Waals surface area contributed by atoms with Crippen LogP contribution in [0.4, 0.5) is 0 Å². The van der Waals surface area contributed by atoms with Gasteiger partial charge in [-0.1, -0.05) is 33.1 Å². The molecule has 0 radical (unpaired) electrons. The first-order chi connectivity index (χ1) is 10.8. The van der Waals surface area contributed by atoms with Gasteiger partial charge in [0, 0.05) is 31.5 Å². The molecule has 2 aliphatic carbocycles. The van der Waals surface area contributed by atoms with Gasteiger partial charge >= 0.3 is 0 Å². The van der Waals surface area contributed by atoms with Gasteiger partial charge in [-0.2, -0.15) is 0 Å². The molecule has 1 spiro atoms. The zero-order valence-electron chi connectivity index (χ0n) is 15.2. The summed E-state index contributed by atoms with van der Waals surface area (Å²) in [6.07, 6.45) is 9.79. The highest BCUT2D eigenvalue weighted by molar-refractivity contribution is 5.89. The van der Waals surface area contributed by atoms with E-state index in [1.807, 2.05) is 6.92 Å². The van der Waals surface area contributed by atoms with Gasteiger partial charge in [-0.15, -0.1) is 0 Å². The van der Waals surface area contributed by atoms with Crippen LogP contribution in [0.3, 0.4) is 0 Å². The molecule has 0 aromatic rings. The average molecular weight is 322 g/mol. The van der Waals surface area contributed by atoms with Crippen LogP contribution in [-0.2, 0) is 9.53 Å². The first kappa shape index (κ1) is 17.2. The maximum atomic E-state index is 13.2. The van der Waals surface area contributed by atoms with Crippen molar-refractivity contribution in [1.82, 2.24) is 4.90 Å². The Morgan fingerprint density at radius 1 is 1.17 bits per heavy atom. The Kier molecular flexibility index (Phi) is 4.52. The summed E-state index contributed by atoms with van der Waals surface area (Å²) in [7, 11) is 0. The molecule has 0 aromatic heterocycles. The number of piperidine rings is 1. The highest BCUT2D eigenvalue weighted by Gasteiger charge is 2.64. The van der Waals surface area contributed by atoms with Gasteiger partial charge in [-0.05, 0) is 38.0 Å². The van der Waals surface area contributed by atoms with Crippen molar-refractivity contribution in [3.05, 3.63) is 0 Å². The molecule has 1 heterocycles. The second kappa shape index (κ2) is 6.03. The van der Waals surface area contributed by atoms with E-state index >= 15 is 0 Å². The van der Waals surface area contributed by atoms with E-state index in [-0.39, 0.29) is 17.4 Å². The van der Waals surface area contributed by atoms with Crippen molar-refractivity contribution in [2.75, 3.05) is 19.7 Å². The van der Waals surface area contributed by atoms with E-state index < -0.39 is 5.54 Å². The van der Waals surface area contributed by atoms with Crippen LogP contribution in [-0.4, -0.2) is 42.1 Å². The molecule has 3 aliphatic rings. The number of carbonyl (C=O) groups excluding carboxylic acids is 1. The zero-order chi connectivity index (χ0) is 16.7. The van der Waals surface area contributed by atoms with E-state index in [0.29, 0.717) is 18.4 Å². The molecule has 1 aliphatic heterocycles. The van der Waals surface area contributed by atoms with Crippen LogP contribution >= 0.6 is 0 Å². The molecule has 2 N–H and O–H groups in total. The molecule has 2 unspecified atom stereocenters. The molecule has 2 atom stereocenters.